The highest BCUT2D eigenvalue weighted by atomic mass is 35.5. The number of halogens is 1. The number of aliphatic hydroxyl groups is 4. The lowest BCUT2D eigenvalue weighted by atomic mass is 9.78. The van der Waals surface area contributed by atoms with E-state index in [1.165, 1.54) is 75.1 Å². The number of methoxy groups -OCH3 is 2. The molecule has 2 aromatic carbocycles. The molecule has 140 heavy (non-hydrogen) atoms. The molecule has 6 aliphatic heterocycles. The summed E-state index contributed by atoms with van der Waals surface area (Å²) in [6.45, 7) is 18.4. The van der Waals surface area contributed by atoms with Gasteiger partial charge in [-0.3, -0.25) is 43.2 Å². The quantitative estimate of drug-likeness (QED) is 0.0114. The molecule has 2 aromatic heterocycles. The minimum Gasteiger partial charge on any atom is -0.495 e. The number of amides is 7. The molecular weight excluding hydrogens is 1850 g/mol. The van der Waals surface area contributed by atoms with Crippen LogP contribution in [0, 0.1) is 17.8 Å². The molecule has 5 fully saturated rings. The van der Waals surface area contributed by atoms with Gasteiger partial charge in [0.25, 0.3) is 0 Å². The number of nitrogens with one attached hydrogen (secondary N) is 3. The Labute approximate surface area is 820 Å². The fraction of sp³-hybridized carbons (Fsp3) is 0.643. The summed E-state index contributed by atoms with van der Waals surface area (Å²) in [5.74, 6) is -9.77. The number of hydrogen-bond acceptors (Lipinski definition) is 31. The Bertz CT molecular complexity index is 4980. The number of aromatic nitrogens is 2. The lowest BCUT2D eigenvalue weighted by Crippen LogP contribution is -2.61. The fourth-order valence-corrected chi connectivity index (χ4v) is 18.3. The highest BCUT2D eigenvalue weighted by molar-refractivity contribution is 6.35. The smallest absolute Gasteiger partial charge is 0.410 e. The first kappa shape index (κ1) is 112. The number of aliphatic carboxylic acids is 2. The van der Waals surface area contributed by atoms with Crippen molar-refractivity contribution in [1.82, 2.24) is 44.7 Å². The number of hydrogen-bond donors (Lipinski definition) is 9. The van der Waals surface area contributed by atoms with Crippen molar-refractivity contribution in [2.24, 2.45) is 17.8 Å². The number of nitrogens with zero attached hydrogens (tertiary/aromatic N) is 8. The predicted molar refractivity (Wildman–Crippen MR) is 507 cm³/mol. The van der Waals surface area contributed by atoms with Gasteiger partial charge in [0.2, 0.25) is 41.7 Å². The number of ether oxygens (including phenoxy) is 12. The summed E-state index contributed by atoms with van der Waals surface area (Å²) in [5.41, 5.74) is 0.839. The van der Waals surface area contributed by atoms with Crippen LogP contribution >= 0.6 is 11.6 Å². The number of pyridine rings is 1. The van der Waals surface area contributed by atoms with Gasteiger partial charge in [0.1, 0.15) is 82.6 Å². The number of allylic oxidation sites excluding steroid dienone is 3. The topological polar surface area (TPSA) is 514 Å². The Kier molecular flexibility index (Phi) is 41.9. The number of rotatable bonds is 46. The second-order valence-electron chi connectivity index (χ2n) is 37.3. The van der Waals surface area contributed by atoms with Gasteiger partial charge in [0, 0.05) is 153 Å². The average Bonchev–Trinajstić information content (AvgIpc) is 1.57. The zero-order chi connectivity index (χ0) is 102. The fourth-order valence-electron chi connectivity index (χ4n) is 18.0. The summed E-state index contributed by atoms with van der Waals surface area (Å²) in [6, 6.07) is 11.0. The number of epoxide rings is 1. The number of carboxylic acids is 2. The van der Waals surface area contributed by atoms with E-state index in [9.17, 15) is 83.1 Å². The number of ketones is 1. The monoisotopic (exact) mass is 1990 g/mol. The van der Waals surface area contributed by atoms with Gasteiger partial charge in [-0.2, -0.15) is 0 Å². The molecule has 8 heterocycles. The van der Waals surface area contributed by atoms with E-state index in [0.29, 0.717) is 45.6 Å². The zero-order valence-electron chi connectivity index (χ0n) is 82.2. The van der Waals surface area contributed by atoms with Crippen molar-refractivity contribution >= 4 is 105 Å². The number of aryl methyl sites for hydroxylation is 1. The van der Waals surface area contributed by atoms with Crippen LogP contribution in [0.25, 0.3) is 11.0 Å². The first-order valence-electron chi connectivity index (χ1n) is 47.9. The van der Waals surface area contributed by atoms with Crippen LogP contribution in [0.4, 0.5) is 16.2 Å². The summed E-state index contributed by atoms with van der Waals surface area (Å²) in [5, 5.41) is 73.6. The number of benzene rings is 2. The number of aliphatic hydroxyl groups excluding tert-OH is 3. The number of likely N-dealkylation sites (tertiary alicyclic amines) is 2. The third kappa shape index (κ3) is 30.6. The lowest BCUT2D eigenvalue weighted by Gasteiger charge is -2.41. The molecule has 0 saturated carbocycles. The normalized spacial score (nSPS) is 24.5. The Balaban J connectivity index is 0.706. The van der Waals surface area contributed by atoms with E-state index in [2.05, 4.69) is 50.4 Å². The van der Waals surface area contributed by atoms with E-state index in [4.69, 9.17) is 73.5 Å². The van der Waals surface area contributed by atoms with Crippen molar-refractivity contribution in [3.05, 3.63) is 100 Å². The van der Waals surface area contributed by atoms with E-state index < -0.39 is 187 Å². The van der Waals surface area contributed by atoms with Crippen LogP contribution in [-0.2, 0) is 126 Å². The van der Waals surface area contributed by atoms with E-state index in [1.807, 2.05) is 30.0 Å². The van der Waals surface area contributed by atoms with E-state index in [1.54, 1.807) is 58.2 Å². The largest absolute Gasteiger partial charge is 0.495 e. The molecule has 10 rings (SSSR count). The molecular formula is C98H140ClN11O30. The summed E-state index contributed by atoms with van der Waals surface area (Å²) in [4.78, 5) is 178. The molecule has 9 N–H and O–H groups in total. The van der Waals surface area contributed by atoms with Gasteiger partial charge in [0.15, 0.2) is 11.9 Å². The van der Waals surface area contributed by atoms with E-state index in [0.717, 1.165) is 58.7 Å². The van der Waals surface area contributed by atoms with Gasteiger partial charge in [0.05, 0.1) is 103 Å². The Morgan fingerprint density at radius 3 is 2.14 bits per heavy atom. The number of anilines is 2. The Hall–Kier alpha value is -10.4. The number of esters is 2. The highest BCUT2D eigenvalue weighted by Gasteiger charge is 2.65. The van der Waals surface area contributed by atoms with Crippen LogP contribution in [0.3, 0.4) is 0 Å². The number of Topliss-reactive ketones (excluding diaryl/α,β-unsaturated/α-hetero) is 1. The summed E-state index contributed by atoms with van der Waals surface area (Å²) >= 11 is 6.91. The van der Waals surface area contributed by atoms with Gasteiger partial charge in [-0.1, -0.05) is 76.1 Å². The molecule has 5 saturated heterocycles. The molecule has 41 nitrogen and oxygen atoms in total. The van der Waals surface area contributed by atoms with E-state index in [-0.39, 0.29) is 163 Å². The summed E-state index contributed by atoms with van der Waals surface area (Å²) < 4.78 is 72.0. The van der Waals surface area contributed by atoms with Crippen molar-refractivity contribution in [2.45, 2.75) is 255 Å². The molecule has 1 unspecified atom stereocenters. The van der Waals surface area contributed by atoms with Crippen LogP contribution < -0.4 is 30.3 Å². The Morgan fingerprint density at radius 2 is 1.46 bits per heavy atom. The molecule has 4 bridgehead atoms. The third-order valence-corrected chi connectivity index (χ3v) is 27.1. The molecule has 0 aliphatic carbocycles. The number of likely N-dealkylation sites (N-methyl/N-ethyl adjacent to an activating group) is 1. The third-order valence-electron chi connectivity index (χ3n) is 26.8. The van der Waals surface area contributed by atoms with E-state index >= 15 is 0 Å². The second kappa shape index (κ2) is 52.6. The van der Waals surface area contributed by atoms with Crippen LogP contribution in [0.15, 0.2) is 78.5 Å². The predicted octanol–water partition coefficient (Wildman–Crippen LogP) is 5.52. The lowest BCUT2D eigenvalue weighted by molar-refractivity contribution is -0.271. The van der Waals surface area contributed by atoms with Gasteiger partial charge >= 0.3 is 30.0 Å². The molecule has 0 radical (unpaired) electrons. The minimum absolute atomic E-state index is 0.00330. The van der Waals surface area contributed by atoms with Crippen molar-refractivity contribution in [3.63, 3.8) is 0 Å². The summed E-state index contributed by atoms with van der Waals surface area (Å²) in [6.07, 6.45) is -7.78. The molecule has 0 spiro atoms. The first-order valence-corrected chi connectivity index (χ1v) is 48.3. The number of piperidine rings is 2. The molecule has 774 valence electrons. The van der Waals surface area contributed by atoms with Gasteiger partial charge in [-0.05, 0) is 126 Å². The van der Waals surface area contributed by atoms with Crippen molar-refractivity contribution in [3.8, 4) is 11.5 Å². The van der Waals surface area contributed by atoms with Crippen molar-refractivity contribution < 1.29 is 145 Å². The second-order valence-corrected chi connectivity index (χ2v) is 37.7. The number of fused-ring (bicyclic) bond motifs is 6. The van der Waals surface area contributed by atoms with Crippen LogP contribution in [-0.4, -0.2) is 360 Å². The molecule has 6 aliphatic rings. The minimum atomic E-state index is -2.10. The van der Waals surface area contributed by atoms with Gasteiger partial charge in [-0.25, -0.2) is 19.4 Å². The number of carbonyl (C=O) groups is 12. The number of carbonyl (C=O) groups excluding carboxylic acids is 10. The zero-order valence-corrected chi connectivity index (χ0v) is 83.0. The van der Waals surface area contributed by atoms with Crippen molar-refractivity contribution in [2.75, 3.05) is 144 Å². The molecule has 15 atom stereocenters. The number of carboxylic acid groups (broad SMARTS) is 2. The molecule has 7 amide bonds. The van der Waals surface area contributed by atoms with Crippen LogP contribution in [0.2, 0.25) is 5.02 Å². The van der Waals surface area contributed by atoms with Crippen molar-refractivity contribution in [1.29, 1.82) is 0 Å². The average molecular weight is 1990 g/mol. The standard InChI is InChI=1S/C98H140ClN11O30/c1-14-104(9)56-68-52-65-18-16-31-101-91(65)110(68)37-28-79(114)107-33-24-66(25-34-107)100-32-41-133-45-43-131-39-29-77(112)103-85(58(2)3)71(111)48-60(5)92(123)102-69-21-20-63(50-72(69)137-95-88(122)86(120)87(121)89(139-95)93(124)125)57-135-96(127)108-35-26-67(27-36-108)109(38-42-134-46-44-132-40-30-82(117)118)80(115)23-22-78(113)105(10)62(7)94(126)138-76-53-81(116)106(11)70-49-64(51-73(129-12)84(70)99)47-59(4)17-15-19-75(130-13)98(128)54-74(136-83(119)55-98)61(6)90-97(76,8)140-90/h15-21,31,49-52,58,60-62,66-67,74-76,85-90,95,100,120-122,128H,14,22-30,32-48,53-57H2,1-13H3,(H,102,123)(H,103,112)(H,117,118)(H,124,125)/b19-15+,59-17+/t60-,61-,62+,74+,75-,76+,85+,86+,87+,88-,89+,90?,95-,97+,98-/m1/s1. The first-order chi connectivity index (χ1) is 66.6. The van der Waals surface area contributed by atoms with Gasteiger partial charge in [-0.15, -0.1) is 0 Å². The Morgan fingerprint density at radius 1 is 0.786 bits per heavy atom. The molecule has 42 heteroatoms. The maximum atomic E-state index is 14.7. The van der Waals surface area contributed by atoms with Crippen LogP contribution in [0.5, 0.6) is 11.5 Å². The highest BCUT2D eigenvalue weighted by Crippen LogP contribution is 2.50. The maximum absolute atomic E-state index is 14.7. The molecule has 4 aromatic rings. The SMILES string of the molecule is CCN(C)Cc1cc2cccnc2n1CCC(=O)N1CCC(NCCOCCOCCC(=O)N[C@H](C(=O)C[C@@H](C)C(=O)Nc2ccc(COC(=O)N3CCC(N(CCOCCOCCC(=O)O)C(=O)CCC(=O)N(C)[C@@H](C)C(=O)O[C@H]4CC(=O)N(C)c5cc(cc(OC)c5Cl)C/C(C)=C/C=C/[C@@H](OC)[C@]5(O)CC(=O)O[C@@H](C5)[C@@H](C)C5O[C@]54C)CC3)cc2O[C@@H]2O[C@H](C(=O)O)[C@@H](O)[C@H](O)[C@H]2O)C(C)C)CC1. The van der Waals surface area contributed by atoms with Crippen LogP contribution in [0.1, 0.15) is 156 Å². The summed E-state index contributed by atoms with van der Waals surface area (Å²) in [7, 11) is 7.79. The van der Waals surface area contributed by atoms with Gasteiger partial charge < -0.3 is 137 Å². The maximum Gasteiger partial charge on any atom is 0.410 e.